The molecule has 0 heterocycles. The summed E-state index contributed by atoms with van der Waals surface area (Å²) in [7, 11) is -9.87. The molecule has 6 atom stereocenters. The number of esters is 4. The lowest BCUT2D eigenvalue weighted by Gasteiger charge is -2.21. The predicted molar refractivity (Wildman–Crippen MR) is 308 cm³/mol. The molecule has 3 unspecified atom stereocenters. The number of aliphatic hydroxyl groups excluding tert-OH is 1. The Morgan fingerprint density at radius 1 is 0.372 bits per heavy atom. The predicted octanol–water partition coefficient (Wildman–Crippen LogP) is 15.7. The van der Waals surface area contributed by atoms with Crippen LogP contribution in [0.3, 0.4) is 0 Å². The first kappa shape index (κ1) is 76.1. The highest BCUT2D eigenvalue weighted by Crippen LogP contribution is 2.45. The molecule has 19 heteroatoms. The molecule has 0 fully saturated rings. The molecule has 0 amide bonds. The van der Waals surface area contributed by atoms with Crippen molar-refractivity contribution < 1.29 is 80.2 Å². The van der Waals surface area contributed by atoms with Crippen molar-refractivity contribution in [1.29, 1.82) is 0 Å². The SMILES string of the molecule is CCCCCCCCCCCCCCCCC(=O)O[C@H](COC(=O)CCCCCCCCC(C)CC)COP(=O)(O)OC[C@@H](O)COP(=O)(O)OC[C@@H](COC(=O)CCCCCCC)OC(=O)CCCCCCCCC(C)C. The first-order valence-corrected chi connectivity index (χ1v) is 34.0. The summed E-state index contributed by atoms with van der Waals surface area (Å²) in [5.41, 5.74) is 0. The van der Waals surface area contributed by atoms with Crippen LogP contribution >= 0.6 is 15.6 Å². The zero-order valence-electron chi connectivity index (χ0n) is 50.0. The average molecular weight is 1160 g/mol. The smallest absolute Gasteiger partial charge is 0.462 e. The molecule has 78 heavy (non-hydrogen) atoms. The number of phosphoric ester groups is 2. The van der Waals surface area contributed by atoms with E-state index in [1.165, 1.54) is 89.9 Å². The number of carbonyl (C=O) groups is 4. The molecule has 0 radical (unpaired) electrons. The number of hydrogen-bond acceptors (Lipinski definition) is 15. The number of aliphatic hydroxyl groups is 1. The van der Waals surface area contributed by atoms with Gasteiger partial charge >= 0.3 is 39.5 Å². The molecule has 3 N–H and O–H groups in total. The Morgan fingerprint density at radius 3 is 0.974 bits per heavy atom. The average Bonchev–Trinajstić information content (AvgIpc) is 3.40. The number of unbranched alkanes of at least 4 members (excludes halogenated alkanes) is 27. The summed E-state index contributed by atoms with van der Waals surface area (Å²) in [4.78, 5) is 71.7. The molecule has 0 rings (SSSR count). The first-order chi connectivity index (χ1) is 37.4. The van der Waals surface area contributed by atoms with Gasteiger partial charge in [0.15, 0.2) is 12.2 Å². The summed E-state index contributed by atoms with van der Waals surface area (Å²) in [6, 6.07) is 0. The van der Waals surface area contributed by atoms with Gasteiger partial charge in [-0.2, -0.15) is 0 Å². The van der Waals surface area contributed by atoms with Crippen LogP contribution < -0.4 is 0 Å². The Bertz CT molecular complexity index is 1550. The molecule has 0 aliphatic rings. The van der Waals surface area contributed by atoms with Gasteiger partial charge in [-0.25, -0.2) is 9.13 Å². The second kappa shape index (κ2) is 51.9. The Kier molecular flexibility index (Phi) is 50.6. The van der Waals surface area contributed by atoms with Gasteiger partial charge in [0.05, 0.1) is 26.4 Å². The van der Waals surface area contributed by atoms with Crippen LogP contribution in [0.25, 0.3) is 0 Å². The number of rotatable bonds is 58. The van der Waals surface area contributed by atoms with Gasteiger partial charge in [-0.3, -0.25) is 37.3 Å². The fourth-order valence-electron chi connectivity index (χ4n) is 8.61. The third kappa shape index (κ3) is 52.2. The van der Waals surface area contributed by atoms with Crippen molar-refractivity contribution in [1.82, 2.24) is 0 Å². The molecule has 0 aromatic carbocycles. The summed E-state index contributed by atoms with van der Waals surface area (Å²) < 4.78 is 67.6. The van der Waals surface area contributed by atoms with E-state index in [0.717, 1.165) is 109 Å². The molecule has 0 saturated heterocycles. The minimum atomic E-state index is -4.94. The van der Waals surface area contributed by atoms with E-state index >= 15 is 0 Å². The summed E-state index contributed by atoms with van der Waals surface area (Å²) in [6.45, 7) is 9.23. The van der Waals surface area contributed by atoms with Crippen LogP contribution in [-0.2, 0) is 65.4 Å². The molecule has 0 aliphatic carbocycles. The van der Waals surface area contributed by atoms with Gasteiger partial charge in [-0.15, -0.1) is 0 Å². The van der Waals surface area contributed by atoms with Crippen molar-refractivity contribution in [2.75, 3.05) is 39.6 Å². The standard InChI is InChI=1S/C59H114O17P2/c1-7-10-12-14-15-16-17-18-19-20-21-22-31-37-43-58(63)75-55(48-70-57(62)42-36-30-26-24-29-34-40-52(6)9-3)50-74-78(67,68)72-46-53(60)45-71-77(65,66)73-49-54(47-69-56(61)41-35-27-13-11-8-2)76-59(64)44-38-32-25-23-28-33-39-51(4)5/h51-55,60H,7-50H2,1-6H3,(H,65,66)(H,67,68)/t52?,53-,54+,55+/m0/s1. The molecule has 0 aromatic heterocycles. The van der Waals surface area contributed by atoms with E-state index in [0.29, 0.717) is 31.6 Å². The minimum absolute atomic E-state index is 0.101. The summed E-state index contributed by atoms with van der Waals surface area (Å²) in [5, 5.41) is 10.5. The monoisotopic (exact) mass is 1160 g/mol. The van der Waals surface area contributed by atoms with Crippen LogP contribution in [0, 0.1) is 11.8 Å². The van der Waals surface area contributed by atoms with Crippen molar-refractivity contribution in [3.63, 3.8) is 0 Å². The lowest BCUT2D eigenvalue weighted by Crippen LogP contribution is -2.30. The topological polar surface area (TPSA) is 237 Å². The van der Waals surface area contributed by atoms with Crippen molar-refractivity contribution in [2.45, 2.75) is 304 Å². The normalized spacial score (nSPS) is 14.8. The molecular weight excluding hydrogens is 1040 g/mol. The zero-order chi connectivity index (χ0) is 58.0. The molecule has 462 valence electrons. The number of carbonyl (C=O) groups excluding carboxylic acids is 4. The zero-order valence-corrected chi connectivity index (χ0v) is 51.7. The molecule has 0 aliphatic heterocycles. The molecular formula is C59H114O17P2. The van der Waals surface area contributed by atoms with Crippen LogP contribution in [0.1, 0.15) is 286 Å². The van der Waals surface area contributed by atoms with E-state index in [-0.39, 0.29) is 25.7 Å². The number of ether oxygens (including phenoxy) is 4. The highest BCUT2D eigenvalue weighted by molar-refractivity contribution is 7.47. The summed E-state index contributed by atoms with van der Waals surface area (Å²) >= 11 is 0. The van der Waals surface area contributed by atoms with Crippen LogP contribution in [0.2, 0.25) is 0 Å². The maximum absolute atomic E-state index is 12.9. The largest absolute Gasteiger partial charge is 0.472 e. The second-order valence-corrected chi connectivity index (χ2v) is 25.0. The second-order valence-electron chi connectivity index (χ2n) is 22.1. The lowest BCUT2D eigenvalue weighted by molar-refractivity contribution is -0.161. The maximum Gasteiger partial charge on any atom is 0.472 e. The van der Waals surface area contributed by atoms with E-state index in [2.05, 4.69) is 41.5 Å². The van der Waals surface area contributed by atoms with Crippen LogP contribution in [0.5, 0.6) is 0 Å². The van der Waals surface area contributed by atoms with E-state index in [1.807, 2.05) is 0 Å². The molecule has 0 saturated carbocycles. The minimum Gasteiger partial charge on any atom is -0.462 e. The number of phosphoric acid groups is 2. The van der Waals surface area contributed by atoms with Gasteiger partial charge in [-0.1, -0.05) is 234 Å². The fraction of sp³-hybridized carbons (Fsp3) is 0.932. The van der Waals surface area contributed by atoms with Gasteiger partial charge < -0.3 is 33.8 Å². The van der Waals surface area contributed by atoms with E-state index < -0.39 is 97.5 Å². The van der Waals surface area contributed by atoms with Crippen molar-refractivity contribution in [3.8, 4) is 0 Å². The van der Waals surface area contributed by atoms with Crippen LogP contribution in [0.4, 0.5) is 0 Å². The number of hydrogen-bond donors (Lipinski definition) is 3. The van der Waals surface area contributed by atoms with Gasteiger partial charge in [0, 0.05) is 25.7 Å². The quantitative estimate of drug-likeness (QED) is 0.0222. The van der Waals surface area contributed by atoms with Crippen LogP contribution in [0.15, 0.2) is 0 Å². The summed E-state index contributed by atoms with van der Waals surface area (Å²) in [6.07, 6.45) is 32.6. The van der Waals surface area contributed by atoms with Gasteiger partial charge in [-0.05, 0) is 37.5 Å². The highest BCUT2D eigenvalue weighted by atomic mass is 31.2. The Balaban J connectivity index is 5.18. The molecule has 0 bridgehead atoms. The Labute approximate surface area is 473 Å². The van der Waals surface area contributed by atoms with Crippen LogP contribution in [-0.4, -0.2) is 96.7 Å². The molecule has 17 nitrogen and oxygen atoms in total. The summed E-state index contributed by atoms with van der Waals surface area (Å²) in [5.74, 6) is -0.755. The van der Waals surface area contributed by atoms with E-state index in [4.69, 9.17) is 37.0 Å². The van der Waals surface area contributed by atoms with Crippen molar-refractivity contribution in [3.05, 3.63) is 0 Å². The highest BCUT2D eigenvalue weighted by Gasteiger charge is 2.30. The van der Waals surface area contributed by atoms with E-state index in [9.17, 15) is 43.2 Å². The Morgan fingerprint density at radius 2 is 0.654 bits per heavy atom. The maximum atomic E-state index is 12.9. The fourth-order valence-corrected chi connectivity index (χ4v) is 10.2. The van der Waals surface area contributed by atoms with Gasteiger partial charge in [0.1, 0.15) is 19.3 Å². The van der Waals surface area contributed by atoms with E-state index in [1.54, 1.807) is 0 Å². The van der Waals surface area contributed by atoms with Gasteiger partial charge in [0.2, 0.25) is 0 Å². The third-order valence-electron chi connectivity index (χ3n) is 13.8. The van der Waals surface area contributed by atoms with Gasteiger partial charge in [0.25, 0.3) is 0 Å². The molecule has 0 aromatic rings. The Hall–Kier alpha value is -1.94. The molecule has 0 spiro atoms. The lowest BCUT2D eigenvalue weighted by atomic mass is 10.00. The van der Waals surface area contributed by atoms with Crippen molar-refractivity contribution >= 4 is 39.5 Å². The first-order valence-electron chi connectivity index (χ1n) is 31.0. The van der Waals surface area contributed by atoms with Crippen molar-refractivity contribution in [2.24, 2.45) is 11.8 Å². The third-order valence-corrected chi connectivity index (χ3v) is 15.7.